The average Bonchev–Trinajstić information content (AvgIpc) is 2.36. The summed E-state index contributed by atoms with van der Waals surface area (Å²) in [6.07, 6.45) is 0. The first-order valence-electron chi connectivity index (χ1n) is 5.29. The molecule has 1 rings (SSSR count). The Kier molecular flexibility index (Phi) is 4.45. The zero-order chi connectivity index (χ0) is 12.9. The van der Waals surface area contributed by atoms with Crippen LogP contribution in [0.2, 0.25) is 0 Å². The highest BCUT2D eigenvalue weighted by Gasteiger charge is 2.16. The number of nitrogens with two attached hydrogens (primary N) is 1. The van der Waals surface area contributed by atoms with Crippen LogP contribution in [0.1, 0.15) is 13.8 Å². The molecule has 0 amide bonds. The molecule has 0 aliphatic heterocycles. The third-order valence-electron chi connectivity index (χ3n) is 2.24. The zero-order valence-corrected chi connectivity index (χ0v) is 10.6. The lowest BCUT2D eigenvalue weighted by Crippen LogP contribution is -2.31. The molecule has 0 radical (unpaired) electrons. The summed E-state index contributed by atoms with van der Waals surface area (Å²) in [4.78, 5) is 12.0. The van der Waals surface area contributed by atoms with Gasteiger partial charge in [-0.1, -0.05) is 13.8 Å². The third-order valence-corrected chi connectivity index (χ3v) is 2.24. The van der Waals surface area contributed by atoms with E-state index in [1.165, 1.54) is 14.2 Å². The minimum atomic E-state index is -0.0346. The van der Waals surface area contributed by atoms with Crippen molar-refractivity contribution in [2.45, 2.75) is 13.8 Å². The van der Waals surface area contributed by atoms with Gasteiger partial charge in [-0.3, -0.25) is 0 Å². The van der Waals surface area contributed by atoms with Gasteiger partial charge in [0.05, 0.1) is 14.2 Å². The lowest BCUT2D eigenvalue weighted by atomic mass is 9.94. The summed E-state index contributed by atoms with van der Waals surface area (Å²) in [6.45, 7) is 5.32. The minimum Gasteiger partial charge on any atom is -0.467 e. The summed E-state index contributed by atoms with van der Waals surface area (Å²) in [5.41, 5.74) is 5.61. The smallest absolute Gasteiger partial charge is 0.324 e. The Morgan fingerprint density at radius 3 is 2.06 bits per heavy atom. The van der Waals surface area contributed by atoms with Crippen molar-refractivity contribution in [3.63, 3.8) is 0 Å². The van der Waals surface area contributed by atoms with E-state index in [-0.39, 0.29) is 17.4 Å². The van der Waals surface area contributed by atoms with E-state index in [1.807, 2.05) is 0 Å². The molecular weight excluding hydrogens is 222 g/mol. The van der Waals surface area contributed by atoms with Gasteiger partial charge in [0.1, 0.15) is 0 Å². The van der Waals surface area contributed by atoms with Crippen molar-refractivity contribution >= 4 is 5.95 Å². The fourth-order valence-corrected chi connectivity index (χ4v) is 0.990. The van der Waals surface area contributed by atoms with E-state index in [9.17, 15) is 0 Å². The quantitative estimate of drug-likeness (QED) is 0.738. The van der Waals surface area contributed by atoms with Crippen molar-refractivity contribution < 1.29 is 9.47 Å². The van der Waals surface area contributed by atoms with Gasteiger partial charge in [-0.2, -0.15) is 9.97 Å². The lowest BCUT2D eigenvalue weighted by Gasteiger charge is -2.22. The number of aromatic nitrogens is 3. The summed E-state index contributed by atoms with van der Waals surface area (Å²) in [5.74, 6) is 0.412. The molecule has 0 aliphatic rings. The highest BCUT2D eigenvalue weighted by molar-refractivity contribution is 5.27. The number of nitrogens with one attached hydrogen (secondary N) is 1. The van der Waals surface area contributed by atoms with E-state index < -0.39 is 0 Å². The molecule has 0 aromatic carbocycles. The number of hydrogen-bond donors (Lipinski definition) is 2. The maximum absolute atomic E-state index is 5.64. The molecule has 0 spiro atoms. The topological polar surface area (TPSA) is 95.2 Å². The molecule has 1 aromatic rings. The fourth-order valence-electron chi connectivity index (χ4n) is 0.990. The highest BCUT2D eigenvalue weighted by Crippen LogP contribution is 2.16. The molecule has 0 unspecified atom stereocenters. The van der Waals surface area contributed by atoms with Gasteiger partial charge in [-0.15, -0.1) is 4.98 Å². The highest BCUT2D eigenvalue weighted by atomic mass is 16.5. The summed E-state index contributed by atoms with van der Waals surface area (Å²) in [7, 11) is 2.98. The maximum Gasteiger partial charge on any atom is 0.324 e. The van der Waals surface area contributed by atoms with E-state index in [0.717, 1.165) is 0 Å². The number of nitrogens with zero attached hydrogens (tertiary/aromatic N) is 3. The van der Waals surface area contributed by atoms with Crippen molar-refractivity contribution in [2.24, 2.45) is 11.1 Å². The Bertz CT molecular complexity index is 347. The van der Waals surface area contributed by atoms with Gasteiger partial charge in [0, 0.05) is 6.54 Å². The standard InChI is InChI=1S/C10H19N5O2/c1-10(2,5-11)6-12-7-13-8(16-3)15-9(14-7)17-4/h5-6,11H2,1-4H3,(H,12,13,14,15). The molecule has 0 saturated carbocycles. The van der Waals surface area contributed by atoms with Crippen molar-refractivity contribution in [3.8, 4) is 12.0 Å². The van der Waals surface area contributed by atoms with Crippen molar-refractivity contribution in [3.05, 3.63) is 0 Å². The van der Waals surface area contributed by atoms with Crippen LogP contribution in [0.5, 0.6) is 12.0 Å². The Hall–Kier alpha value is -1.63. The number of anilines is 1. The van der Waals surface area contributed by atoms with Crippen LogP contribution in [-0.4, -0.2) is 42.3 Å². The largest absolute Gasteiger partial charge is 0.467 e. The molecule has 0 bridgehead atoms. The first kappa shape index (κ1) is 13.4. The summed E-state index contributed by atoms with van der Waals surface area (Å²) in [6, 6.07) is 0.426. The fraction of sp³-hybridized carbons (Fsp3) is 0.700. The number of methoxy groups -OCH3 is 2. The first-order valence-corrected chi connectivity index (χ1v) is 5.29. The van der Waals surface area contributed by atoms with Crippen LogP contribution >= 0.6 is 0 Å². The molecule has 7 heteroatoms. The van der Waals surface area contributed by atoms with E-state index in [0.29, 0.717) is 19.0 Å². The molecule has 0 saturated heterocycles. The van der Waals surface area contributed by atoms with Crippen LogP contribution < -0.4 is 20.5 Å². The molecule has 1 heterocycles. The van der Waals surface area contributed by atoms with E-state index >= 15 is 0 Å². The predicted molar refractivity (Wildman–Crippen MR) is 64.3 cm³/mol. The first-order chi connectivity index (χ1) is 8.00. The molecular formula is C10H19N5O2. The van der Waals surface area contributed by atoms with Gasteiger partial charge in [0.15, 0.2) is 0 Å². The van der Waals surface area contributed by atoms with Gasteiger partial charge in [-0.25, -0.2) is 0 Å². The second kappa shape index (κ2) is 5.62. The third kappa shape index (κ3) is 4.03. The van der Waals surface area contributed by atoms with Gasteiger partial charge in [0.2, 0.25) is 5.95 Å². The molecule has 3 N–H and O–H groups in total. The summed E-state index contributed by atoms with van der Waals surface area (Å²) in [5, 5.41) is 3.08. The monoisotopic (exact) mass is 241 g/mol. The number of rotatable bonds is 6. The predicted octanol–water partition coefficient (Wildman–Crippen LogP) is 0.286. The maximum atomic E-state index is 5.64. The van der Waals surface area contributed by atoms with Gasteiger partial charge in [-0.05, 0) is 12.0 Å². The molecule has 0 aliphatic carbocycles. The molecule has 17 heavy (non-hydrogen) atoms. The van der Waals surface area contributed by atoms with Crippen LogP contribution in [0.4, 0.5) is 5.95 Å². The Labute approximate surface area is 101 Å². The SMILES string of the molecule is COc1nc(NCC(C)(C)CN)nc(OC)n1. The minimum absolute atomic E-state index is 0.0346. The van der Waals surface area contributed by atoms with E-state index in [1.54, 1.807) is 0 Å². The van der Waals surface area contributed by atoms with Crippen molar-refractivity contribution in [1.82, 2.24) is 15.0 Å². The number of hydrogen-bond acceptors (Lipinski definition) is 7. The van der Waals surface area contributed by atoms with E-state index in [4.69, 9.17) is 15.2 Å². The van der Waals surface area contributed by atoms with Crippen LogP contribution in [0, 0.1) is 5.41 Å². The Morgan fingerprint density at radius 1 is 1.12 bits per heavy atom. The summed E-state index contributed by atoms with van der Waals surface area (Å²) < 4.78 is 9.90. The van der Waals surface area contributed by atoms with Gasteiger partial charge < -0.3 is 20.5 Å². The van der Waals surface area contributed by atoms with Crippen LogP contribution in [0.25, 0.3) is 0 Å². The normalized spacial score (nSPS) is 11.1. The van der Waals surface area contributed by atoms with E-state index in [2.05, 4.69) is 34.1 Å². The van der Waals surface area contributed by atoms with Crippen molar-refractivity contribution in [1.29, 1.82) is 0 Å². The average molecular weight is 241 g/mol. The van der Waals surface area contributed by atoms with Crippen LogP contribution in [-0.2, 0) is 0 Å². The second-order valence-corrected chi connectivity index (χ2v) is 4.35. The van der Waals surface area contributed by atoms with Crippen LogP contribution in [0.3, 0.4) is 0 Å². The van der Waals surface area contributed by atoms with Gasteiger partial charge >= 0.3 is 12.0 Å². The molecule has 1 aromatic heterocycles. The Balaban J connectivity index is 2.76. The molecule has 7 nitrogen and oxygen atoms in total. The Morgan fingerprint density at radius 2 is 1.65 bits per heavy atom. The summed E-state index contributed by atoms with van der Waals surface area (Å²) >= 11 is 0. The number of ether oxygens (including phenoxy) is 2. The lowest BCUT2D eigenvalue weighted by molar-refractivity contribution is 0.340. The molecule has 0 fully saturated rings. The molecule has 0 atom stereocenters. The van der Waals surface area contributed by atoms with Gasteiger partial charge in [0.25, 0.3) is 0 Å². The zero-order valence-electron chi connectivity index (χ0n) is 10.6. The molecule has 96 valence electrons. The van der Waals surface area contributed by atoms with Crippen LogP contribution in [0.15, 0.2) is 0 Å². The van der Waals surface area contributed by atoms with Crippen molar-refractivity contribution in [2.75, 3.05) is 32.6 Å². The second-order valence-electron chi connectivity index (χ2n) is 4.35.